The Morgan fingerprint density at radius 2 is 1.42 bits per heavy atom. The third kappa shape index (κ3) is 6.45. The first-order valence-electron chi connectivity index (χ1n) is 12.0. The lowest BCUT2D eigenvalue weighted by molar-refractivity contribution is 0.0932. The van der Waals surface area contributed by atoms with Crippen molar-refractivity contribution in [1.29, 1.82) is 0 Å². The van der Waals surface area contributed by atoms with Gasteiger partial charge in [-0.1, -0.05) is 80.4 Å². The maximum absolute atomic E-state index is 13.3. The highest BCUT2D eigenvalue weighted by atomic mass is 16.5. The number of nitrogens with one attached hydrogen (secondary N) is 1. The van der Waals surface area contributed by atoms with Crippen LogP contribution in [0.1, 0.15) is 60.5 Å². The lowest BCUT2D eigenvalue weighted by Gasteiger charge is -2.21. The Labute approximate surface area is 196 Å². The van der Waals surface area contributed by atoms with E-state index in [1.807, 2.05) is 78.9 Å². The predicted octanol–water partition coefficient (Wildman–Crippen LogP) is 6.34. The number of ether oxygens (including phenoxy) is 2. The molecule has 1 unspecified atom stereocenters. The molecular formula is C29H33NO3. The third-order valence-corrected chi connectivity index (χ3v) is 6.22. The molecule has 0 aliphatic heterocycles. The van der Waals surface area contributed by atoms with Gasteiger partial charge in [-0.2, -0.15) is 0 Å². The Kier molecular flexibility index (Phi) is 8.15. The zero-order valence-electron chi connectivity index (χ0n) is 19.3. The van der Waals surface area contributed by atoms with Crippen LogP contribution in [-0.2, 0) is 13.2 Å². The summed E-state index contributed by atoms with van der Waals surface area (Å²) in [7, 11) is 0. The van der Waals surface area contributed by atoms with Gasteiger partial charge in [0, 0.05) is 11.6 Å². The summed E-state index contributed by atoms with van der Waals surface area (Å²) in [4.78, 5) is 13.3. The molecule has 0 aromatic heterocycles. The molecule has 1 N–H and O–H groups in total. The van der Waals surface area contributed by atoms with Crippen molar-refractivity contribution < 1.29 is 14.3 Å². The van der Waals surface area contributed by atoms with E-state index in [1.165, 1.54) is 12.8 Å². The van der Waals surface area contributed by atoms with E-state index in [0.717, 1.165) is 30.4 Å². The summed E-state index contributed by atoms with van der Waals surface area (Å²) in [5, 5.41) is 3.58. The molecule has 4 rings (SSSR count). The molecule has 3 aromatic carbocycles. The molecule has 1 fully saturated rings. The van der Waals surface area contributed by atoms with Crippen LogP contribution in [0.3, 0.4) is 0 Å². The van der Waals surface area contributed by atoms with Gasteiger partial charge in [-0.3, -0.25) is 4.79 Å². The monoisotopic (exact) mass is 443 g/mol. The van der Waals surface area contributed by atoms with Gasteiger partial charge >= 0.3 is 0 Å². The van der Waals surface area contributed by atoms with Gasteiger partial charge in [-0.15, -0.1) is 0 Å². The number of rotatable bonds is 11. The van der Waals surface area contributed by atoms with Crippen molar-refractivity contribution in [3.8, 4) is 11.5 Å². The first-order chi connectivity index (χ1) is 16.2. The standard InChI is InChI=1S/C29H33NO3/c1-2-26(30-25-15-9-10-16-25)29(31)24-17-18-27(32-20-22-11-5-3-6-12-22)28(19-24)33-21-23-13-7-4-8-14-23/h3-8,11-14,17-19,25-26,30H,2,9-10,15-16,20-21H2,1H3. The fourth-order valence-corrected chi connectivity index (χ4v) is 4.32. The molecule has 3 aromatic rings. The fourth-order valence-electron chi connectivity index (χ4n) is 4.32. The van der Waals surface area contributed by atoms with Gasteiger partial charge in [0.15, 0.2) is 17.3 Å². The van der Waals surface area contributed by atoms with Crippen LogP contribution >= 0.6 is 0 Å². The van der Waals surface area contributed by atoms with E-state index in [1.54, 1.807) is 0 Å². The molecule has 0 amide bonds. The molecule has 4 heteroatoms. The van der Waals surface area contributed by atoms with Crippen LogP contribution in [0, 0.1) is 0 Å². The number of ketones is 1. The Morgan fingerprint density at radius 1 is 0.848 bits per heavy atom. The number of Topliss-reactive ketones (excluding diaryl/α,β-unsaturated/α-hetero) is 1. The summed E-state index contributed by atoms with van der Waals surface area (Å²) in [5.74, 6) is 1.35. The van der Waals surface area contributed by atoms with Gasteiger partial charge in [0.2, 0.25) is 0 Å². The Balaban J connectivity index is 1.52. The van der Waals surface area contributed by atoms with E-state index in [4.69, 9.17) is 9.47 Å². The topological polar surface area (TPSA) is 47.6 Å². The molecule has 0 heterocycles. The second-order valence-corrected chi connectivity index (χ2v) is 8.68. The van der Waals surface area contributed by atoms with Gasteiger partial charge in [-0.05, 0) is 48.6 Å². The van der Waals surface area contributed by atoms with E-state index in [0.29, 0.717) is 36.3 Å². The second-order valence-electron chi connectivity index (χ2n) is 8.68. The maximum atomic E-state index is 13.3. The molecule has 4 nitrogen and oxygen atoms in total. The van der Waals surface area contributed by atoms with Crippen molar-refractivity contribution in [2.45, 2.75) is 64.3 Å². The first-order valence-corrected chi connectivity index (χ1v) is 12.0. The van der Waals surface area contributed by atoms with Gasteiger partial charge in [0.05, 0.1) is 6.04 Å². The Hall–Kier alpha value is -3.11. The van der Waals surface area contributed by atoms with Crippen LogP contribution in [0.4, 0.5) is 0 Å². The SMILES string of the molecule is CCC(NC1CCCC1)C(=O)c1ccc(OCc2ccccc2)c(OCc2ccccc2)c1. The van der Waals surface area contributed by atoms with Crippen LogP contribution in [0.5, 0.6) is 11.5 Å². The van der Waals surface area contributed by atoms with E-state index in [-0.39, 0.29) is 11.8 Å². The molecule has 1 aliphatic rings. The summed E-state index contributed by atoms with van der Waals surface area (Å²) in [5.41, 5.74) is 2.80. The quantitative estimate of drug-likeness (QED) is 0.351. The van der Waals surface area contributed by atoms with Crippen molar-refractivity contribution >= 4 is 5.78 Å². The normalized spacial score (nSPS) is 14.7. The van der Waals surface area contributed by atoms with Crippen molar-refractivity contribution in [3.63, 3.8) is 0 Å². The van der Waals surface area contributed by atoms with E-state index in [9.17, 15) is 4.79 Å². The van der Waals surface area contributed by atoms with E-state index < -0.39 is 0 Å². The lowest BCUT2D eigenvalue weighted by atomic mass is 10.0. The second kappa shape index (κ2) is 11.7. The minimum atomic E-state index is -0.175. The molecule has 0 radical (unpaired) electrons. The van der Waals surface area contributed by atoms with Crippen LogP contribution in [-0.4, -0.2) is 17.9 Å². The average Bonchev–Trinajstić information content (AvgIpc) is 3.39. The predicted molar refractivity (Wildman–Crippen MR) is 132 cm³/mol. The van der Waals surface area contributed by atoms with Crippen LogP contribution in [0.15, 0.2) is 78.9 Å². The van der Waals surface area contributed by atoms with Crippen LogP contribution < -0.4 is 14.8 Å². The minimum Gasteiger partial charge on any atom is -0.485 e. The van der Waals surface area contributed by atoms with Crippen molar-refractivity contribution in [1.82, 2.24) is 5.32 Å². The molecule has 1 atom stereocenters. The first kappa shape index (κ1) is 23.1. The minimum absolute atomic E-state index is 0.114. The van der Waals surface area contributed by atoms with Crippen molar-refractivity contribution in [2.24, 2.45) is 0 Å². The zero-order valence-corrected chi connectivity index (χ0v) is 19.3. The summed E-state index contributed by atoms with van der Waals surface area (Å²) in [6.07, 6.45) is 5.56. The molecule has 0 spiro atoms. The summed E-state index contributed by atoms with van der Waals surface area (Å²) < 4.78 is 12.2. The number of hydrogen-bond donors (Lipinski definition) is 1. The highest BCUT2D eigenvalue weighted by Gasteiger charge is 2.24. The van der Waals surface area contributed by atoms with Gasteiger partial charge in [0.25, 0.3) is 0 Å². The number of hydrogen-bond acceptors (Lipinski definition) is 4. The van der Waals surface area contributed by atoms with Crippen LogP contribution in [0.2, 0.25) is 0 Å². The van der Waals surface area contributed by atoms with E-state index in [2.05, 4.69) is 12.2 Å². The largest absolute Gasteiger partial charge is 0.485 e. The smallest absolute Gasteiger partial charge is 0.179 e. The molecule has 1 aliphatic carbocycles. The number of carbonyl (C=O) groups is 1. The zero-order chi connectivity index (χ0) is 22.9. The summed E-state index contributed by atoms with van der Waals surface area (Å²) in [6, 6.07) is 25.9. The van der Waals surface area contributed by atoms with Gasteiger partial charge < -0.3 is 14.8 Å². The molecule has 0 bridgehead atoms. The maximum Gasteiger partial charge on any atom is 0.179 e. The molecular weight excluding hydrogens is 410 g/mol. The number of carbonyl (C=O) groups excluding carboxylic acids is 1. The highest BCUT2D eigenvalue weighted by Crippen LogP contribution is 2.31. The molecule has 0 saturated heterocycles. The van der Waals surface area contributed by atoms with Gasteiger partial charge in [-0.25, -0.2) is 0 Å². The fraction of sp³-hybridized carbons (Fsp3) is 0.345. The summed E-state index contributed by atoms with van der Waals surface area (Å²) >= 11 is 0. The van der Waals surface area contributed by atoms with E-state index >= 15 is 0 Å². The average molecular weight is 444 g/mol. The molecule has 172 valence electrons. The summed E-state index contributed by atoms with van der Waals surface area (Å²) in [6.45, 7) is 2.92. The van der Waals surface area contributed by atoms with Crippen LogP contribution in [0.25, 0.3) is 0 Å². The van der Waals surface area contributed by atoms with Gasteiger partial charge in [0.1, 0.15) is 13.2 Å². The van der Waals surface area contributed by atoms with Crippen molar-refractivity contribution in [3.05, 3.63) is 95.6 Å². The Morgan fingerprint density at radius 3 is 2.00 bits per heavy atom. The highest BCUT2D eigenvalue weighted by molar-refractivity contribution is 6.00. The van der Waals surface area contributed by atoms with Crippen molar-refractivity contribution in [2.75, 3.05) is 0 Å². The molecule has 1 saturated carbocycles. The lowest BCUT2D eigenvalue weighted by Crippen LogP contribution is -2.41. The Bertz CT molecular complexity index is 1010. The molecule has 33 heavy (non-hydrogen) atoms. The third-order valence-electron chi connectivity index (χ3n) is 6.22. The number of benzene rings is 3.